The second-order valence-corrected chi connectivity index (χ2v) is 5.12. The van der Waals surface area contributed by atoms with Crippen molar-refractivity contribution < 1.29 is 9.84 Å². The molecule has 0 aliphatic carbocycles. The van der Waals surface area contributed by atoms with E-state index < -0.39 is 0 Å². The highest BCUT2D eigenvalue weighted by atomic mass is 16.5. The van der Waals surface area contributed by atoms with Crippen molar-refractivity contribution in [3.05, 3.63) is 23.8 Å². The number of aromatic hydroxyl groups is 1. The molecule has 1 heterocycles. The van der Waals surface area contributed by atoms with Gasteiger partial charge in [0.2, 0.25) is 0 Å². The number of hydrogen-bond acceptors (Lipinski definition) is 3. The van der Waals surface area contributed by atoms with E-state index >= 15 is 0 Å². The van der Waals surface area contributed by atoms with E-state index in [1.165, 1.54) is 5.56 Å². The SMILES string of the molecule is CC(C)CNCC1CCc2ccc(O)cc2O1. The van der Waals surface area contributed by atoms with Crippen LogP contribution in [-0.2, 0) is 6.42 Å². The summed E-state index contributed by atoms with van der Waals surface area (Å²) in [6, 6.07) is 5.38. The molecule has 0 amide bonds. The molecule has 0 fully saturated rings. The van der Waals surface area contributed by atoms with Gasteiger partial charge in [0.05, 0.1) is 0 Å². The highest BCUT2D eigenvalue weighted by Gasteiger charge is 2.19. The average molecular weight is 235 g/mol. The van der Waals surface area contributed by atoms with E-state index in [0.717, 1.165) is 31.7 Å². The predicted octanol–water partition coefficient (Wildman–Crippen LogP) is 2.33. The van der Waals surface area contributed by atoms with E-state index in [-0.39, 0.29) is 11.9 Å². The van der Waals surface area contributed by atoms with E-state index in [4.69, 9.17) is 4.74 Å². The first-order valence-corrected chi connectivity index (χ1v) is 6.34. The van der Waals surface area contributed by atoms with Crippen LogP contribution >= 0.6 is 0 Å². The Balaban J connectivity index is 1.89. The molecule has 1 aliphatic rings. The van der Waals surface area contributed by atoms with Crippen molar-refractivity contribution in [2.75, 3.05) is 13.1 Å². The minimum Gasteiger partial charge on any atom is -0.508 e. The van der Waals surface area contributed by atoms with Crippen molar-refractivity contribution >= 4 is 0 Å². The zero-order chi connectivity index (χ0) is 12.3. The van der Waals surface area contributed by atoms with Crippen molar-refractivity contribution in [2.24, 2.45) is 5.92 Å². The molecule has 1 aliphatic heterocycles. The molecule has 0 saturated heterocycles. The van der Waals surface area contributed by atoms with Crippen LogP contribution in [0.15, 0.2) is 18.2 Å². The molecular formula is C14H21NO2. The molecule has 1 aromatic rings. The van der Waals surface area contributed by atoms with Crippen molar-refractivity contribution in [3.8, 4) is 11.5 Å². The van der Waals surface area contributed by atoms with Gasteiger partial charge < -0.3 is 15.2 Å². The number of ether oxygens (including phenoxy) is 1. The zero-order valence-electron chi connectivity index (χ0n) is 10.6. The lowest BCUT2D eigenvalue weighted by molar-refractivity contribution is 0.169. The lowest BCUT2D eigenvalue weighted by Gasteiger charge is -2.26. The van der Waals surface area contributed by atoms with Crippen LogP contribution in [0, 0.1) is 5.92 Å². The Morgan fingerprint density at radius 1 is 1.47 bits per heavy atom. The van der Waals surface area contributed by atoms with E-state index in [0.29, 0.717) is 5.92 Å². The topological polar surface area (TPSA) is 41.5 Å². The molecule has 2 N–H and O–H groups in total. The first kappa shape index (κ1) is 12.2. The highest BCUT2D eigenvalue weighted by molar-refractivity contribution is 5.41. The molecule has 1 unspecified atom stereocenters. The molecule has 0 aromatic heterocycles. The fourth-order valence-corrected chi connectivity index (χ4v) is 2.09. The second kappa shape index (κ2) is 5.41. The number of benzene rings is 1. The first-order valence-electron chi connectivity index (χ1n) is 6.34. The third kappa shape index (κ3) is 3.37. The summed E-state index contributed by atoms with van der Waals surface area (Å²) in [5.41, 5.74) is 1.20. The Kier molecular flexibility index (Phi) is 3.89. The maximum absolute atomic E-state index is 9.43. The predicted molar refractivity (Wildman–Crippen MR) is 68.6 cm³/mol. The van der Waals surface area contributed by atoms with Crippen LogP contribution in [0.2, 0.25) is 0 Å². The molecule has 0 radical (unpaired) electrons. The van der Waals surface area contributed by atoms with Gasteiger partial charge in [-0.2, -0.15) is 0 Å². The van der Waals surface area contributed by atoms with Crippen molar-refractivity contribution in [3.63, 3.8) is 0 Å². The molecule has 1 aromatic carbocycles. The highest BCUT2D eigenvalue weighted by Crippen LogP contribution is 2.30. The van der Waals surface area contributed by atoms with Crippen LogP contribution in [0.1, 0.15) is 25.8 Å². The Hall–Kier alpha value is -1.22. The van der Waals surface area contributed by atoms with Gasteiger partial charge in [-0.25, -0.2) is 0 Å². The summed E-state index contributed by atoms with van der Waals surface area (Å²) in [6.45, 7) is 6.30. The Morgan fingerprint density at radius 2 is 2.29 bits per heavy atom. The lowest BCUT2D eigenvalue weighted by Crippen LogP contribution is -2.35. The minimum absolute atomic E-state index is 0.225. The number of fused-ring (bicyclic) bond motifs is 1. The second-order valence-electron chi connectivity index (χ2n) is 5.12. The smallest absolute Gasteiger partial charge is 0.126 e. The molecule has 0 saturated carbocycles. The number of aryl methyl sites for hydroxylation is 1. The van der Waals surface area contributed by atoms with Gasteiger partial charge in [-0.05, 0) is 36.9 Å². The van der Waals surface area contributed by atoms with Crippen molar-refractivity contribution in [1.29, 1.82) is 0 Å². The maximum Gasteiger partial charge on any atom is 0.126 e. The fourth-order valence-electron chi connectivity index (χ4n) is 2.09. The Bertz CT molecular complexity index is 376. The average Bonchev–Trinajstić information content (AvgIpc) is 2.28. The lowest BCUT2D eigenvalue weighted by atomic mass is 10.0. The molecule has 0 bridgehead atoms. The zero-order valence-corrected chi connectivity index (χ0v) is 10.6. The van der Waals surface area contributed by atoms with Crippen LogP contribution in [-0.4, -0.2) is 24.3 Å². The standard InChI is InChI=1S/C14H21NO2/c1-10(2)8-15-9-13-6-4-11-3-5-12(16)7-14(11)17-13/h3,5,7,10,13,15-16H,4,6,8-9H2,1-2H3. The van der Waals surface area contributed by atoms with Gasteiger partial charge in [-0.1, -0.05) is 19.9 Å². The van der Waals surface area contributed by atoms with Crippen LogP contribution in [0.25, 0.3) is 0 Å². The van der Waals surface area contributed by atoms with Gasteiger partial charge >= 0.3 is 0 Å². The maximum atomic E-state index is 9.43. The van der Waals surface area contributed by atoms with Crippen molar-refractivity contribution in [1.82, 2.24) is 5.32 Å². The van der Waals surface area contributed by atoms with E-state index in [1.54, 1.807) is 12.1 Å². The van der Waals surface area contributed by atoms with E-state index in [2.05, 4.69) is 19.2 Å². The number of nitrogens with one attached hydrogen (secondary N) is 1. The molecular weight excluding hydrogens is 214 g/mol. The van der Waals surface area contributed by atoms with Gasteiger partial charge in [-0.3, -0.25) is 0 Å². The van der Waals surface area contributed by atoms with Crippen LogP contribution in [0.4, 0.5) is 0 Å². The van der Waals surface area contributed by atoms with Crippen LogP contribution in [0.5, 0.6) is 11.5 Å². The molecule has 94 valence electrons. The summed E-state index contributed by atoms with van der Waals surface area (Å²) < 4.78 is 5.87. The van der Waals surface area contributed by atoms with Gasteiger partial charge in [-0.15, -0.1) is 0 Å². The quantitative estimate of drug-likeness (QED) is 0.841. The monoisotopic (exact) mass is 235 g/mol. The third-order valence-electron chi connectivity index (χ3n) is 3.00. The summed E-state index contributed by atoms with van der Waals surface area (Å²) in [6.07, 6.45) is 2.30. The fraction of sp³-hybridized carbons (Fsp3) is 0.571. The van der Waals surface area contributed by atoms with E-state index in [1.807, 2.05) is 6.07 Å². The number of hydrogen-bond donors (Lipinski definition) is 2. The Labute approximate surface area is 103 Å². The normalized spacial score (nSPS) is 18.9. The van der Waals surface area contributed by atoms with Gasteiger partial charge in [0.25, 0.3) is 0 Å². The van der Waals surface area contributed by atoms with Crippen LogP contribution < -0.4 is 10.1 Å². The van der Waals surface area contributed by atoms with Gasteiger partial charge in [0.15, 0.2) is 0 Å². The number of phenolic OH excluding ortho intramolecular Hbond substituents is 1. The third-order valence-corrected chi connectivity index (χ3v) is 3.00. The molecule has 3 nitrogen and oxygen atoms in total. The van der Waals surface area contributed by atoms with Gasteiger partial charge in [0.1, 0.15) is 17.6 Å². The molecule has 17 heavy (non-hydrogen) atoms. The van der Waals surface area contributed by atoms with Gasteiger partial charge in [0, 0.05) is 12.6 Å². The molecule has 2 rings (SSSR count). The minimum atomic E-state index is 0.225. The molecule has 3 heteroatoms. The summed E-state index contributed by atoms with van der Waals surface area (Å²) in [4.78, 5) is 0. The summed E-state index contributed by atoms with van der Waals surface area (Å²) in [5, 5.41) is 12.8. The van der Waals surface area contributed by atoms with Crippen LogP contribution in [0.3, 0.4) is 0 Å². The summed E-state index contributed by atoms with van der Waals surface area (Å²) in [7, 11) is 0. The van der Waals surface area contributed by atoms with E-state index in [9.17, 15) is 5.11 Å². The van der Waals surface area contributed by atoms with Crippen molar-refractivity contribution in [2.45, 2.75) is 32.8 Å². The summed E-state index contributed by atoms with van der Waals surface area (Å²) in [5.74, 6) is 1.78. The first-order chi connectivity index (χ1) is 8.15. The Morgan fingerprint density at radius 3 is 3.06 bits per heavy atom. The number of rotatable bonds is 4. The number of phenols is 1. The largest absolute Gasteiger partial charge is 0.508 e. The summed E-state index contributed by atoms with van der Waals surface area (Å²) >= 11 is 0. The molecule has 0 spiro atoms. The molecule has 1 atom stereocenters.